The molecule has 0 amide bonds. The van der Waals surface area contributed by atoms with Gasteiger partial charge in [0, 0.05) is 32.2 Å². The lowest BCUT2D eigenvalue weighted by Gasteiger charge is -2.26. The molecule has 0 saturated heterocycles. The molecular weight excluding hydrogens is 502 g/mol. The van der Waals surface area contributed by atoms with Crippen molar-refractivity contribution in [3.05, 3.63) is 152 Å². The molecule has 0 aliphatic carbocycles. The van der Waals surface area contributed by atoms with Gasteiger partial charge in [-0.3, -0.25) is 0 Å². The zero-order valence-corrected chi connectivity index (χ0v) is 22.6. The van der Waals surface area contributed by atoms with Gasteiger partial charge in [0.1, 0.15) is 0 Å². The molecule has 0 N–H and O–H groups in total. The summed E-state index contributed by atoms with van der Waals surface area (Å²) in [5.74, 6) is 0. The van der Waals surface area contributed by atoms with Gasteiger partial charge in [0.25, 0.3) is 0 Å². The van der Waals surface area contributed by atoms with Crippen LogP contribution in [0.15, 0.2) is 152 Å². The van der Waals surface area contributed by atoms with Crippen LogP contribution in [0.4, 0.5) is 17.1 Å². The van der Waals surface area contributed by atoms with Crippen molar-refractivity contribution in [3.8, 4) is 11.1 Å². The lowest BCUT2D eigenvalue weighted by atomic mass is 9.99. The minimum atomic E-state index is 1.14. The van der Waals surface area contributed by atoms with Crippen LogP contribution < -0.4 is 4.90 Å². The number of para-hydroxylation sites is 1. The summed E-state index contributed by atoms with van der Waals surface area (Å²) in [6.45, 7) is 0. The maximum Gasteiger partial charge on any atom is 0.0640 e. The first kappa shape index (κ1) is 23.0. The molecule has 0 unspecified atom stereocenters. The van der Waals surface area contributed by atoms with E-state index < -0.39 is 0 Å². The maximum atomic E-state index is 2.40. The van der Waals surface area contributed by atoms with Crippen molar-refractivity contribution in [2.45, 2.75) is 0 Å². The number of hydrogen-bond acceptors (Lipinski definition) is 2. The molecule has 1 aromatic heterocycles. The number of rotatable bonds is 4. The molecule has 0 aliphatic heterocycles. The largest absolute Gasteiger partial charge is 0.309 e. The Morgan fingerprint density at radius 2 is 0.975 bits per heavy atom. The lowest BCUT2D eigenvalue weighted by molar-refractivity contribution is 1.30. The molecule has 2 heteroatoms. The summed E-state index contributed by atoms with van der Waals surface area (Å²) in [5.41, 5.74) is 5.94. The Morgan fingerprint density at radius 1 is 0.375 bits per heavy atom. The first-order valence-corrected chi connectivity index (χ1v) is 14.4. The Labute approximate surface area is 237 Å². The second-order valence-electron chi connectivity index (χ2n) is 10.2. The van der Waals surface area contributed by atoms with Crippen molar-refractivity contribution in [2.75, 3.05) is 4.90 Å². The molecule has 0 atom stereocenters. The SMILES string of the molecule is c1ccc(-c2ccc(N(c3ccccc3)c3cccc4c3sc3c4ccc4ccc5ccccc5c43)cc2)cc1. The van der Waals surface area contributed by atoms with E-state index in [4.69, 9.17) is 0 Å². The Bertz CT molecular complexity index is 2140. The molecule has 1 heterocycles. The third-order valence-electron chi connectivity index (χ3n) is 7.84. The highest BCUT2D eigenvalue weighted by Crippen LogP contribution is 2.47. The molecule has 0 saturated carbocycles. The quantitative estimate of drug-likeness (QED) is 0.206. The van der Waals surface area contributed by atoms with Crippen molar-refractivity contribution in [3.63, 3.8) is 0 Å². The minimum absolute atomic E-state index is 1.14. The Balaban J connectivity index is 1.38. The fraction of sp³-hybridized carbons (Fsp3) is 0. The van der Waals surface area contributed by atoms with Gasteiger partial charge >= 0.3 is 0 Å². The van der Waals surface area contributed by atoms with Crippen LogP contribution in [0.2, 0.25) is 0 Å². The average Bonchev–Trinajstić information content (AvgIpc) is 3.42. The molecule has 0 radical (unpaired) electrons. The van der Waals surface area contributed by atoms with Crippen LogP contribution >= 0.6 is 11.3 Å². The van der Waals surface area contributed by atoms with E-state index in [1.54, 1.807) is 0 Å². The second kappa shape index (κ2) is 9.37. The molecule has 0 bridgehead atoms. The van der Waals surface area contributed by atoms with Crippen molar-refractivity contribution in [1.82, 2.24) is 0 Å². The first-order chi connectivity index (χ1) is 19.8. The van der Waals surface area contributed by atoms with Crippen molar-refractivity contribution >= 4 is 70.1 Å². The van der Waals surface area contributed by atoms with Gasteiger partial charge in [-0.15, -0.1) is 11.3 Å². The van der Waals surface area contributed by atoms with Crippen LogP contribution in [0.25, 0.3) is 52.8 Å². The van der Waals surface area contributed by atoms with Gasteiger partial charge < -0.3 is 4.90 Å². The van der Waals surface area contributed by atoms with E-state index in [-0.39, 0.29) is 0 Å². The fourth-order valence-electron chi connectivity index (χ4n) is 5.94. The summed E-state index contributed by atoms with van der Waals surface area (Å²) in [4.78, 5) is 2.40. The van der Waals surface area contributed by atoms with Crippen LogP contribution in [0, 0.1) is 0 Å². The molecule has 7 aromatic carbocycles. The molecule has 0 fully saturated rings. The van der Waals surface area contributed by atoms with Crippen molar-refractivity contribution < 1.29 is 0 Å². The van der Waals surface area contributed by atoms with Gasteiger partial charge in [0.05, 0.1) is 10.4 Å². The normalized spacial score (nSPS) is 11.5. The standard InChI is InChI=1S/C38H25NS/c1-3-10-26(11-4-1)27-20-23-31(24-21-27)39(30-13-5-2-6-14-30)35-17-9-16-33-34-25-22-29-19-18-28-12-7-8-15-32(28)36(29)38(34)40-37(33)35/h1-25H. The maximum absolute atomic E-state index is 2.40. The van der Waals surface area contributed by atoms with Crippen molar-refractivity contribution in [2.24, 2.45) is 0 Å². The topological polar surface area (TPSA) is 3.24 Å². The third-order valence-corrected chi connectivity index (χ3v) is 9.10. The zero-order chi connectivity index (χ0) is 26.5. The highest BCUT2D eigenvalue weighted by molar-refractivity contribution is 7.27. The van der Waals surface area contributed by atoms with Crippen LogP contribution in [-0.4, -0.2) is 0 Å². The van der Waals surface area contributed by atoms with Gasteiger partial charge in [-0.2, -0.15) is 0 Å². The summed E-state index contributed by atoms with van der Waals surface area (Å²) in [5, 5.41) is 7.85. The smallest absolute Gasteiger partial charge is 0.0640 e. The molecule has 1 nitrogen and oxygen atoms in total. The van der Waals surface area contributed by atoms with Crippen LogP contribution in [0.5, 0.6) is 0 Å². The first-order valence-electron chi connectivity index (χ1n) is 13.6. The zero-order valence-electron chi connectivity index (χ0n) is 21.8. The molecule has 188 valence electrons. The monoisotopic (exact) mass is 527 g/mol. The predicted octanol–water partition coefficient (Wildman–Crippen LogP) is 11.5. The molecular formula is C38H25NS. The van der Waals surface area contributed by atoms with E-state index in [2.05, 4.69) is 157 Å². The van der Waals surface area contributed by atoms with Crippen LogP contribution in [-0.2, 0) is 0 Å². The molecule has 8 aromatic rings. The predicted molar refractivity (Wildman–Crippen MR) is 174 cm³/mol. The molecule has 40 heavy (non-hydrogen) atoms. The Kier molecular flexibility index (Phi) is 5.39. The summed E-state index contributed by atoms with van der Waals surface area (Å²) >= 11 is 1.91. The number of benzene rings is 7. The van der Waals surface area contributed by atoms with Gasteiger partial charge in [0.15, 0.2) is 0 Å². The second-order valence-corrected chi connectivity index (χ2v) is 11.2. The van der Waals surface area contributed by atoms with E-state index in [9.17, 15) is 0 Å². The van der Waals surface area contributed by atoms with E-state index in [0.717, 1.165) is 11.4 Å². The van der Waals surface area contributed by atoms with Crippen LogP contribution in [0.3, 0.4) is 0 Å². The number of anilines is 3. The highest BCUT2D eigenvalue weighted by Gasteiger charge is 2.19. The number of nitrogens with zero attached hydrogens (tertiary/aromatic N) is 1. The number of thiophene rings is 1. The van der Waals surface area contributed by atoms with E-state index in [1.807, 2.05) is 11.3 Å². The summed E-state index contributed by atoms with van der Waals surface area (Å²) in [7, 11) is 0. The highest BCUT2D eigenvalue weighted by atomic mass is 32.1. The number of hydrogen-bond donors (Lipinski definition) is 0. The fourth-order valence-corrected chi connectivity index (χ4v) is 7.32. The van der Waals surface area contributed by atoms with E-state index >= 15 is 0 Å². The molecule has 8 rings (SSSR count). The lowest BCUT2D eigenvalue weighted by Crippen LogP contribution is -2.09. The van der Waals surface area contributed by atoms with Gasteiger partial charge in [-0.05, 0) is 57.6 Å². The van der Waals surface area contributed by atoms with Gasteiger partial charge in [0.2, 0.25) is 0 Å². The average molecular weight is 528 g/mol. The number of fused-ring (bicyclic) bond motifs is 7. The van der Waals surface area contributed by atoms with Crippen LogP contribution in [0.1, 0.15) is 0 Å². The van der Waals surface area contributed by atoms with E-state index in [1.165, 1.54) is 58.5 Å². The van der Waals surface area contributed by atoms with Crippen molar-refractivity contribution in [1.29, 1.82) is 0 Å². The molecule has 0 aliphatic rings. The summed E-state index contributed by atoms with van der Waals surface area (Å²) in [6, 6.07) is 54.8. The Morgan fingerprint density at radius 3 is 1.80 bits per heavy atom. The minimum Gasteiger partial charge on any atom is -0.309 e. The summed E-state index contributed by atoms with van der Waals surface area (Å²) in [6.07, 6.45) is 0. The third kappa shape index (κ3) is 3.69. The van der Waals surface area contributed by atoms with Gasteiger partial charge in [-0.1, -0.05) is 121 Å². The Hall–Kier alpha value is -4.92. The van der Waals surface area contributed by atoms with Gasteiger partial charge in [-0.25, -0.2) is 0 Å². The molecule has 0 spiro atoms. The summed E-state index contributed by atoms with van der Waals surface area (Å²) < 4.78 is 2.65. The van der Waals surface area contributed by atoms with E-state index in [0.29, 0.717) is 0 Å².